The molecule has 0 aromatic heterocycles. The van der Waals surface area contributed by atoms with Gasteiger partial charge in [-0.2, -0.15) is 0 Å². The van der Waals surface area contributed by atoms with Gasteiger partial charge in [-0.15, -0.1) is 0 Å². The van der Waals surface area contributed by atoms with Crippen molar-refractivity contribution in [2.75, 3.05) is 23.2 Å². The molecule has 0 saturated carbocycles. The van der Waals surface area contributed by atoms with Gasteiger partial charge in [-0.05, 0) is 37.3 Å². The van der Waals surface area contributed by atoms with Gasteiger partial charge in [0.2, 0.25) is 10.0 Å². The molecule has 1 N–H and O–H groups in total. The fourth-order valence-electron chi connectivity index (χ4n) is 2.30. The lowest BCUT2D eigenvalue weighted by molar-refractivity contribution is 0.295. The zero-order chi connectivity index (χ0) is 13.0. The number of fused-ring (bicyclic) bond motifs is 1. The molecular formula is C13H19NO3S. The fourth-order valence-corrected chi connectivity index (χ4v) is 3.90. The minimum atomic E-state index is -3.31. The summed E-state index contributed by atoms with van der Waals surface area (Å²) in [4.78, 5) is 0. The predicted octanol–water partition coefficient (Wildman–Crippen LogP) is 1.54. The van der Waals surface area contributed by atoms with Gasteiger partial charge in [-0.3, -0.25) is 4.31 Å². The maximum atomic E-state index is 12.3. The monoisotopic (exact) mass is 269 g/mol. The summed E-state index contributed by atoms with van der Waals surface area (Å²) in [6.45, 7) is 0.458. The minimum absolute atomic E-state index is 0.0117. The Morgan fingerprint density at radius 3 is 2.78 bits per heavy atom. The van der Waals surface area contributed by atoms with Crippen molar-refractivity contribution in [2.24, 2.45) is 0 Å². The highest BCUT2D eigenvalue weighted by atomic mass is 32.2. The Balaban J connectivity index is 2.33. The molecule has 0 spiro atoms. The summed E-state index contributed by atoms with van der Waals surface area (Å²) in [5.74, 6) is 0.0117. The normalized spacial score (nSPS) is 16.2. The third-order valence-electron chi connectivity index (χ3n) is 3.21. The van der Waals surface area contributed by atoms with E-state index in [1.165, 1.54) is 4.31 Å². The van der Waals surface area contributed by atoms with E-state index >= 15 is 0 Å². The quantitative estimate of drug-likeness (QED) is 0.902. The molecule has 1 heterocycles. The van der Waals surface area contributed by atoms with Gasteiger partial charge in [0.15, 0.2) is 0 Å². The van der Waals surface area contributed by atoms with Gasteiger partial charge >= 0.3 is 0 Å². The molecule has 0 aliphatic carbocycles. The zero-order valence-electron chi connectivity index (χ0n) is 10.4. The summed E-state index contributed by atoms with van der Waals surface area (Å²) in [7, 11) is -3.31. The maximum absolute atomic E-state index is 12.3. The summed E-state index contributed by atoms with van der Waals surface area (Å²) in [6.07, 6.45) is 3.12. The third kappa shape index (κ3) is 2.84. The molecule has 0 unspecified atom stereocenters. The van der Waals surface area contributed by atoms with Crippen LogP contribution in [0.5, 0.6) is 0 Å². The van der Waals surface area contributed by atoms with E-state index in [4.69, 9.17) is 5.11 Å². The van der Waals surface area contributed by atoms with Gasteiger partial charge < -0.3 is 5.11 Å². The number of sulfonamides is 1. The topological polar surface area (TPSA) is 57.6 Å². The van der Waals surface area contributed by atoms with Crippen LogP contribution in [0, 0.1) is 0 Å². The average Bonchev–Trinajstić information content (AvgIpc) is 2.59. The lowest BCUT2D eigenvalue weighted by Crippen LogP contribution is -2.34. The molecule has 0 radical (unpaired) electrons. The highest BCUT2D eigenvalue weighted by Crippen LogP contribution is 2.28. The van der Waals surface area contributed by atoms with Crippen LogP contribution in [-0.2, 0) is 16.4 Å². The Morgan fingerprint density at radius 1 is 1.22 bits per heavy atom. The number of aliphatic hydroxyl groups excluding tert-OH is 1. The van der Waals surface area contributed by atoms with Crippen LogP contribution in [0.15, 0.2) is 24.3 Å². The molecule has 0 atom stereocenters. The van der Waals surface area contributed by atoms with E-state index < -0.39 is 10.0 Å². The van der Waals surface area contributed by atoms with Crippen molar-refractivity contribution in [1.82, 2.24) is 0 Å². The molecule has 2 rings (SSSR count). The molecule has 100 valence electrons. The summed E-state index contributed by atoms with van der Waals surface area (Å²) in [5, 5.41) is 8.80. The Labute approximate surface area is 108 Å². The van der Waals surface area contributed by atoms with Crippen LogP contribution in [0.4, 0.5) is 5.69 Å². The van der Waals surface area contributed by atoms with Crippen molar-refractivity contribution in [3.05, 3.63) is 29.8 Å². The van der Waals surface area contributed by atoms with E-state index in [1.807, 2.05) is 24.3 Å². The van der Waals surface area contributed by atoms with Gasteiger partial charge in [-0.25, -0.2) is 8.42 Å². The summed E-state index contributed by atoms with van der Waals surface area (Å²) < 4.78 is 26.1. The van der Waals surface area contributed by atoms with Gasteiger partial charge in [0, 0.05) is 13.2 Å². The van der Waals surface area contributed by atoms with E-state index in [2.05, 4.69) is 0 Å². The molecule has 1 aromatic rings. The number of anilines is 1. The smallest absolute Gasteiger partial charge is 0.235 e. The number of nitrogens with zero attached hydrogens (tertiary/aromatic N) is 1. The van der Waals surface area contributed by atoms with Crippen molar-refractivity contribution >= 4 is 15.7 Å². The standard InChI is InChI=1S/C13H19NO3S/c15-10-5-11-18(16,17)14-9-4-3-7-12-6-1-2-8-13(12)14/h1-2,6,8,15H,3-5,7,9-11H2. The Morgan fingerprint density at radius 2 is 2.00 bits per heavy atom. The Hall–Kier alpha value is -1.07. The molecule has 1 aliphatic heterocycles. The maximum Gasteiger partial charge on any atom is 0.235 e. The van der Waals surface area contributed by atoms with Crippen LogP contribution in [-0.4, -0.2) is 32.4 Å². The van der Waals surface area contributed by atoms with Crippen LogP contribution in [0.1, 0.15) is 24.8 Å². The van der Waals surface area contributed by atoms with Crippen LogP contribution in [0.3, 0.4) is 0 Å². The molecule has 0 saturated heterocycles. The Bertz CT molecular complexity index is 499. The van der Waals surface area contributed by atoms with Gasteiger partial charge in [0.05, 0.1) is 11.4 Å². The van der Waals surface area contributed by atoms with Crippen molar-refractivity contribution < 1.29 is 13.5 Å². The van der Waals surface area contributed by atoms with E-state index in [0.29, 0.717) is 13.0 Å². The number of hydrogen-bond acceptors (Lipinski definition) is 3. The second-order valence-electron chi connectivity index (χ2n) is 4.55. The molecule has 0 fully saturated rings. The van der Waals surface area contributed by atoms with Crippen molar-refractivity contribution in [3.63, 3.8) is 0 Å². The molecule has 0 amide bonds. The number of benzene rings is 1. The molecule has 4 nitrogen and oxygen atoms in total. The van der Waals surface area contributed by atoms with Gasteiger partial charge in [-0.1, -0.05) is 18.2 Å². The molecule has 18 heavy (non-hydrogen) atoms. The van der Waals surface area contributed by atoms with E-state index in [0.717, 1.165) is 30.5 Å². The number of hydrogen-bond donors (Lipinski definition) is 1. The highest BCUT2D eigenvalue weighted by molar-refractivity contribution is 7.92. The van der Waals surface area contributed by atoms with Crippen molar-refractivity contribution in [3.8, 4) is 0 Å². The van der Waals surface area contributed by atoms with E-state index in [9.17, 15) is 8.42 Å². The molecule has 0 bridgehead atoms. The van der Waals surface area contributed by atoms with Crippen LogP contribution in [0.25, 0.3) is 0 Å². The number of para-hydroxylation sites is 1. The summed E-state index contributed by atoms with van der Waals surface area (Å²) in [6, 6.07) is 7.69. The van der Waals surface area contributed by atoms with Crippen LogP contribution < -0.4 is 4.31 Å². The van der Waals surface area contributed by atoms with Crippen LogP contribution >= 0.6 is 0 Å². The first kappa shape index (κ1) is 13.4. The number of aliphatic hydroxyl groups is 1. The molecule has 5 heteroatoms. The van der Waals surface area contributed by atoms with E-state index in [1.54, 1.807) is 0 Å². The second-order valence-corrected chi connectivity index (χ2v) is 6.56. The lowest BCUT2D eigenvalue weighted by Gasteiger charge is -2.24. The molecule has 1 aliphatic rings. The molecule has 1 aromatic carbocycles. The van der Waals surface area contributed by atoms with Crippen LogP contribution in [0.2, 0.25) is 0 Å². The number of rotatable bonds is 4. The predicted molar refractivity (Wildman–Crippen MR) is 72.2 cm³/mol. The first-order chi connectivity index (χ1) is 8.65. The minimum Gasteiger partial charge on any atom is -0.396 e. The second kappa shape index (κ2) is 5.71. The summed E-state index contributed by atoms with van der Waals surface area (Å²) in [5.41, 5.74) is 1.91. The van der Waals surface area contributed by atoms with Crippen molar-refractivity contribution in [1.29, 1.82) is 0 Å². The largest absolute Gasteiger partial charge is 0.396 e. The third-order valence-corrected chi connectivity index (χ3v) is 5.07. The highest BCUT2D eigenvalue weighted by Gasteiger charge is 2.25. The first-order valence-electron chi connectivity index (χ1n) is 6.34. The fraction of sp³-hybridized carbons (Fsp3) is 0.538. The SMILES string of the molecule is O=S(=O)(CCCO)N1CCCCc2ccccc21. The Kier molecular flexibility index (Phi) is 4.24. The first-order valence-corrected chi connectivity index (χ1v) is 7.95. The summed E-state index contributed by atoms with van der Waals surface area (Å²) >= 11 is 0. The number of aryl methyl sites for hydroxylation is 1. The van der Waals surface area contributed by atoms with Gasteiger partial charge in [0.25, 0.3) is 0 Å². The molecular weight excluding hydrogens is 250 g/mol. The average molecular weight is 269 g/mol. The lowest BCUT2D eigenvalue weighted by atomic mass is 10.1. The van der Waals surface area contributed by atoms with E-state index in [-0.39, 0.29) is 12.4 Å². The van der Waals surface area contributed by atoms with Crippen molar-refractivity contribution in [2.45, 2.75) is 25.7 Å². The van der Waals surface area contributed by atoms with Gasteiger partial charge in [0.1, 0.15) is 0 Å². The zero-order valence-corrected chi connectivity index (χ0v) is 11.2.